The molecule has 0 aliphatic carbocycles. The van der Waals surface area contributed by atoms with Crippen LogP contribution in [0, 0.1) is 5.92 Å². The fraction of sp³-hybridized carbons (Fsp3) is 0.611. The Kier molecular flexibility index (Phi) is 4.03. The van der Waals surface area contributed by atoms with E-state index in [0.717, 1.165) is 56.7 Å². The van der Waals surface area contributed by atoms with E-state index in [9.17, 15) is 5.11 Å². The minimum Gasteiger partial charge on any atom is -0.389 e. The van der Waals surface area contributed by atoms with Gasteiger partial charge in [-0.1, -0.05) is 44.9 Å². The Bertz CT molecular complexity index is 532. The van der Waals surface area contributed by atoms with Gasteiger partial charge in [-0.05, 0) is 30.9 Å². The Morgan fingerprint density at radius 2 is 1.95 bits per heavy atom. The molecule has 0 bridgehead atoms. The fourth-order valence-corrected chi connectivity index (χ4v) is 3.99. The van der Waals surface area contributed by atoms with Crippen molar-refractivity contribution in [2.45, 2.75) is 58.1 Å². The van der Waals surface area contributed by atoms with Crippen LogP contribution in [0.25, 0.3) is 0 Å². The van der Waals surface area contributed by atoms with Gasteiger partial charge < -0.3 is 10.0 Å². The van der Waals surface area contributed by atoms with E-state index in [1.165, 1.54) is 5.56 Å². The predicted octanol–water partition coefficient (Wildman–Crippen LogP) is 3.88. The van der Waals surface area contributed by atoms with E-state index in [2.05, 4.69) is 36.9 Å². The van der Waals surface area contributed by atoms with E-state index in [1.54, 1.807) is 0 Å². The Morgan fingerprint density at radius 3 is 2.67 bits per heavy atom. The van der Waals surface area contributed by atoms with Crippen LogP contribution in [0.4, 0.5) is 5.69 Å². The van der Waals surface area contributed by atoms with Crippen molar-refractivity contribution >= 4 is 11.5 Å². The van der Waals surface area contributed by atoms with Gasteiger partial charge in [0.05, 0.1) is 11.3 Å². The maximum absolute atomic E-state index is 11.2. The van der Waals surface area contributed by atoms with E-state index < -0.39 is 5.60 Å². The third-order valence-electron chi connectivity index (χ3n) is 4.93. The molecular formula is C18H26N2O. The molecule has 1 saturated heterocycles. The minimum atomic E-state index is -0.580. The van der Waals surface area contributed by atoms with E-state index >= 15 is 0 Å². The third kappa shape index (κ3) is 2.59. The molecule has 1 aromatic rings. The summed E-state index contributed by atoms with van der Waals surface area (Å²) in [6, 6.07) is 8.38. The summed E-state index contributed by atoms with van der Waals surface area (Å²) in [5.74, 6) is 1.32. The largest absolute Gasteiger partial charge is 0.389 e. The van der Waals surface area contributed by atoms with Gasteiger partial charge in [-0.25, -0.2) is 4.99 Å². The van der Waals surface area contributed by atoms with E-state index in [4.69, 9.17) is 4.99 Å². The van der Waals surface area contributed by atoms with Gasteiger partial charge in [-0.15, -0.1) is 0 Å². The zero-order valence-electron chi connectivity index (χ0n) is 13.2. The Hall–Kier alpha value is -1.35. The van der Waals surface area contributed by atoms with Gasteiger partial charge in [-0.2, -0.15) is 0 Å². The van der Waals surface area contributed by atoms with Gasteiger partial charge in [0.2, 0.25) is 0 Å². The summed E-state index contributed by atoms with van der Waals surface area (Å²) in [6.45, 7) is 6.28. The maximum atomic E-state index is 11.2. The van der Waals surface area contributed by atoms with E-state index in [1.807, 2.05) is 6.07 Å². The summed E-state index contributed by atoms with van der Waals surface area (Å²) in [4.78, 5) is 7.27. The first-order valence-electron chi connectivity index (χ1n) is 8.31. The summed E-state index contributed by atoms with van der Waals surface area (Å²) in [6.07, 6.45) is 4.83. The minimum absolute atomic E-state index is 0.200. The number of para-hydroxylation sites is 1. The molecule has 2 aliphatic heterocycles. The number of amidine groups is 1. The molecule has 3 rings (SSSR count). The third-order valence-corrected chi connectivity index (χ3v) is 4.93. The zero-order valence-corrected chi connectivity index (χ0v) is 13.2. The van der Waals surface area contributed by atoms with Crippen LogP contribution in [0.5, 0.6) is 0 Å². The summed E-state index contributed by atoms with van der Waals surface area (Å²) < 4.78 is 0. The van der Waals surface area contributed by atoms with Crippen LogP contribution in [0.15, 0.2) is 29.3 Å². The van der Waals surface area contributed by atoms with Crippen molar-refractivity contribution < 1.29 is 5.11 Å². The zero-order chi connectivity index (χ0) is 14.9. The number of aliphatic hydroxyl groups is 1. The summed E-state index contributed by atoms with van der Waals surface area (Å²) in [5, 5.41) is 11.2. The summed E-state index contributed by atoms with van der Waals surface area (Å²) in [7, 11) is 0. The number of benzene rings is 1. The molecule has 1 N–H and O–H groups in total. The first-order valence-corrected chi connectivity index (χ1v) is 8.31. The molecule has 2 aliphatic rings. The SMILES string of the molecule is CCCC(O)(CCC)C1CCN2Cc3ccccc3N=C12. The monoisotopic (exact) mass is 286 g/mol. The van der Waals surface area contributed by atoms with Crippen LogP contribution in [0.2, 0.25) is 0 Å². The topological polar surface area (TPSA) is 35.8 Å². The molecule has 2 heterocycles. The van der Waals surface area contributed by atoms with Crippen LogP contribution in [-0.4, -0.2) is 28.0 Å². The molecule has 0 radical (unpaired) electrons. The van der Waals surface area contributed by atoms with Gasteiger partial charge in [0.25, 0.3) is 0 Å². The van der Waals surface area contributed by atoms with Crippen LogP contribution in [-0.2, 0) is 6.54 Å². The molecule has 3 nitrogen and oxygen atoms in total. The molecule has 1 aromatic carbocycles. The molecular weight excluding hydrogens is 260 g/mol. The second-order valence-corrected chi connectivity index (χ2v) is 6.47. The highest BCUT2D eigenvalue weighted by Gasteiger charge is 2.44. The average Bonchev–Trinajstić information content (AvgIpc) is 2.88. The lowest BCUT2D eigenvalue weighted by atomic mass is 9.79. The average molecular weight is 286 g/mol. The van der Waals surface area contributed by atoms with Gasteiger partial charge >= 0.3 is 0 Å². The highest BCUT2D eigenvalue weighted by molar-refractivity contribution is 5.91. The molecule has 114 valence electrons. The van der Waals surface area contributed by atoms with Crippen molar-refractivity contribution in [3.05, 3.63) is 29.8 Å². The van der Waals surface area contributed by atoms with Crippen molar-refractivity contribution in [1.29, 1.82) is 0 Å². The van der Waals surface area contributed by atoms with Gasteiger partial charge in [-0.3, -0.25) is 0 Å². The van der Waals surface area contributed by atoms with E-state index in [-0.39, 0.29) is 5.92 Å². The molecule has 0 amide bonds. The normalized spacial score (nSPS) is 21.0. The Morgan fingerprint density at radius 1 is 1.24 bits per heavy atom. The van der Waals surface area contributed by atoms with Crippen molar-refractivity contribution in [2.75, 3.05) is 6.54 Å². The molecule has 3 heteroatoms. The number of hydrogen-bond donors (Lipinski definition) is 1. The van der Waals surface area contributed by atoms with Gasteiger partial charge in [0, 0.05) is 19.0 Å². The molecule has 0 spiro atoms. The van der Waals surface area contributed by atoms with Crippen molar-refractivity contribution in [1.82, 2.24) is 4.90 Å². The first kappa shape index (κ1) is 14.6. The number of nitrogens with zero attached hydrogens (tertiary/aromatic N) is 2. The first-order chi connectivity index (χ1) is 10.2. The lowest BCUT2D eigenvalue weighted by molar-refractivity contribution is -0.0100. The van der Waals surface area contributed by atoms with Crippen molar-refractivity contribution in [3.8, 4) is 0 Å². The number of rotatable bonds is 5. The standard InChI is InChI=1S/C18H26N2O/c1-3-10-18(21,11-4-2)15-9-12-20-13-14-7-5-6-8-16(14)19-17(15)20/h5-8,15,21H,3-4,9-13H2,1-2H3. The molecule has 1 atom stereocenters. The maximum Gasteiger partial charge on any atom is 0.111 e. The lowest BCUT2D eigenvalue weighted by Crippen LogP contribution is -2.43. The lowest BCUT2D eigenvalue weighted by Gasteiger charge is -2.36. The number of aliphatic imine (C=N–C) groups is 1. The Labute approximate surface area is 127 Å². The summed E-state index contributed by atoms with van der Waals surface area (Å²) >= 11 is 0. The van der Waals surface area contributed by atoms with Crippen molar-refractivity contribution in [2.24, 2.45) is 10.9 Å². The number of fused-ring (bicyclic) bond motifs is 2. The molecule has 1 fully saturated rings. The highest BCUT2D eigenvalue weighted by atomic mass is 16.3. The fourth-order valence-electron chi connectivity index (χ4n) is 3.99. The molecule has 1 unspecified atom stereocenters. The second-order valence-electron chi connectivity index (χ2n) is 6.47. The van der Waals surface area contributed by atoms with Crippen LogP contribution in [0.1, 0.15) is 51.5 Å². The highest BCUT2D eigenvalue weighted by Crippen LogP contribution is 2.40. The van der Waals surface area contributed by atoms with Gasteiger partial charge in [0.1, 0.15) is 5.84 Å². The van der Waals surface area contributed by atoms with E-state index in [0.29, 0.717) is 0 Å². The number of hydrogen-bond acceptors (Lipinski definition) is 3. The van der Waals surface area contributed by atoms with Crippen LogP contribution >= 0.6 is 0 Å². The Balaban J connectivity index is 1.93. The second kappa shape index (κ2) is 5.80. The molecule has 0 aromatic heterocycles. The summed E-state index contributed by atoms with van der Waals surface area (Å²) in [5.41, 5.74) is 1.81. The molecule has 0 saturated carbocycles. The van der Waals surface area contributed by atoms with Crippen molar-refractivity contribution in [3.63, 3.8) is 0 Å². The quantitative estimate of drug-likeness (QED) is 0.891. The smallest absolute Gasteiger partial charge is 0.111 e. The van der Waals surface area contributed by atoms with Crippen LogP contribution < -0.4 is 0 Å². The van der Waals surface area contributed by atoms with Gasteiger partial charge in [0.15, 0.2) is 0 Å². The molecule has 21 heavy (non-hydrogen) atoms. The predicted molar refractivity (Wildman–Crippen MR) is 86.8 cm³/mol. The van der Waals surface area contributed by atoms with Crippen LogP contribution in [0.3, 0.4) is 0 Å².